The van der Waals surface area contributed by atoms with Crippen molar-refractivity contribution in [2.45, 2.75) is 26.4 Å². The number of benzene rings is 1. The Morgan fingerprint density at radius 3 is 2.44 bits per heavy atom. The number of primary amides is 1. The molecule has 0 saturated heterocycles. The van der Waals surface area contributed by atoms with Gasteiger partial charge in [-0.3, -0.25) is 4.79 Å². The van der Waals surface area contributed by atoms with Crippen molar-refractivity contribution in [2.75, 3.05) is 12.4 Å². The van der Waals surface area contributed by atoms with E-state index >= 15 is 0 Å². The van der Waals surface area contributed by atoms with Gasteiger partial charge in [-0.15, -0.1) is 0 Å². The summed E-state index contributed by atoms with van der Waals surface area (Å²) in [5.74, 6) is 0.170. The number of ether oxygens (including phenoxy) is 1. The minimum atomic E-state index is -0.469. The van der Waals surface area contributed by atoms with Crippen molar-refractivity contribution in [1.82, 2.24) is 0 Å². The molecule has 0 aromatic heterocycles. The number of amides is 1. The second kappa shape index (κ2) is 4.43. The largest absolute Gasteiger partial charge is 0.488 e. The van der Waals surface area contributed by atoms with Crippen LogP contribution in [0.3, 0.4) is 0 Å². The molecule has 0 radical (unpaired) electrons. The fourth-order valence-electron chi connectivity index (χ4n) is 1.36. The Morgan fingerprint density at radius 1 is 1.38 bits per heavy atom. The number of hydrogen-bond donors (Lipinski definition) is 2. The molecule has 0 heterocycles. The zero-order valence-corrected chi connectivity index (χ0v) is 10.1. The van der Waals surface area contributed by atoms with E-state index in [0.717, 1.165) is 0 Å². The molecule has 0 aliphatic carbocycles. The standard InChI is InChI=1S/C12H18N2O2/c1-12(2,3)16-8-5-6-10(14-4)9(7-8)11(13)15/h5-7,14H,1-4H3,(H2,13,15). The molecule has 1 amide bonds. The van der Waals surface area contributed by atoms with Gasteiger partial charge in [0.05, 0.1) is 5.56 Å². The second-order valence-electron chi connectivity index (χ2n) is 4.54. The van der Waals surface area contributed by atoms with Crippen LogP contribution in [0, 0.1) is 0 Å². The topological polar surface area (TPSA) is 64.3 Å². The number of nitrogens with one attached hydrogen (secondary N) is 1. The Hall–Kier alpha value is -1.71. The Kier molecular flexibility index (Phi) is 3.42. The molecule has 0 saturated carbocycles. The predicted octanol–water partition coefficient (Wildman–Crippen LogP) is 2.00. The van der Waals surface area contributed by atoms with E-state index in [-0.39, 0.29) is 5.60 Å². The molecule has 0 spiro atoms. The molecule has 1 aromatic carbocycles. The summed E-state index contributed by atoms with van der Waals surface area (Å²) >= 11 is 0. The van der Waals surface area contributed by atoms with Gasteiger partial charge in [-0.1, -0.05) is 0 Å². The maximum Gasteiger partial charge on any atom is 0.250 e. The monoisotopic (exact) mass is 222 g/mol. The average molecular weight is 222 g/mol. The van der Waals surface area contributed by atoms with Crippen molar-refractivity contribution in [2.24, 2.45) is 5.73 Å². The first-order valence-electron chi connectivity index (χ1n) is 5.14. The molecule has 0 unspecified atom stereocenters. The third-order valence-electron chi connectivity index (χ3n) is 1.95. The van der Waals surface area contributed by atoms with E-state index in [1.54, 1.807) is 19.2 Å². The van der Waals surface area contributed by atoms with Crippen LogP contribution in [0.2, 0.25) is 0 Å². The molecule has 0 aliphatic heterocycles. The van der Waals surface area contributed by atoms with E-state index in [9.17, 15) is 4.79 Å². The first kappa shape index (κ1) is 12.4. The van der Waals surface area contributed by atoms with Gasteiger partial charge in [0.2, 0.25) is 0 Å². The highest BCUT2D eigenvalue weighted by molar-refractivity contribution is 5.98. The molecule has 88 valence electrons. The van der Waals surface area contributed by atoms with Crippen molar-refractivity contribution in [3.8, 4) is 5.75 Å². The number of rotatable bonds is 3. The molecule has 0 atom stereocenters. The minimum Gasteiger partial charge on any atom is -0.488 e. The molecule has 3 N–H and O–H groups in total. The van der Waals surface area contributed by atoms with Crippen molar-refractivity contribution in [3.05, 3.63) is 23.8 Å². The van der Waals surface area contributed by atoms with Gasteiger partial charge < -0.3 is 15.8 Å². The van der Waals surface area contributed by atoms with Gasteiger partial charge in [0, 0.05) is 12.7 Å². The van der Waals surface area contributed by atoms with E-state index in [4.69, 9.17) is 10.5 Å². The molecule has 1 rings (SSSR count). The van der Waals surface area contributed by atoms with Gasteiger partial charge in [0.25, 0.3) is 5.91 Å². The summed E-state index contributed by atoms with van der Waals surface area (Å²) in [4.78, 5) is 11.2. The van der Waals surface area contributed by atoms with Crippen LogP contribution in [0.1, 0.15) is 31.1 Å². The number of carbonyl (C=O) groups is 1. The Bertz CT molecular complexity index is 394. The fourth-order valence-corrected chi connectivity index (χ4v) is 1.36. The Balaban J connectivity index is 3.07. The molecule has 1 aromatic rings. The first-order chi connectivity index (χ1) is 7.33. The number of nitrogens with two attached hydrogens (primary N) is 1. The summed E-state index contributed by atoms with van der Waals surface area (Å²) in [6, 6.07) is 5.24. The van der Waals surface area contributed by atoms with E-state index in [0.29, 0.717) is 17.0 Å². The summed E-state index contributed by atoms with van der Waals surface area (Å²) in [5, 5.41) is 2.91. The molecular weight excluding hydrogens is 204 g/mol. The van der Waals surface area contributed by atoms with Crippen molar-refractivity contribution in [1.29, 1.82) is 0 Å². The smallest absolute Gasteiger partial charge is 0.250 e. The van der Waals surface area contributed by atoms with Crippen molar-refractivity contribution in [3.63, 3.8) is 0 Å². The fraction of sp³-hybridized carbons (Fsp3) is 0.417. The molecule has 4 nitrogen and oxygen atoms in total. The minimum absolute atomic E-state index is 0.296. The second-order valence-corrected chi connectivity index (χ2v) is 4.54. The van der Waals surface area contributed by atoms with E-state index in [1.165, 1.54) is 0 Å². The van der Waals surface area contributed by atoms with E-state index in [1.807, 2.05) is 26.8 Å². The Morgan fingerprint density at radius 2 is 2.00 bits per heavy atom. The lowest BCUT2D eigenvalue weighted by molar-refractivity contribution is 0.0997. The van der Waals surface area contributed by atoms with Crippen LogP contribution in [-0.4, -0.2) is 18.6 Å². The van der Waals surface area contributed by atoms with Crippen molar-refractivity contribution >= 4 is 11.6 Å². The lowest BCUT2D eigenvalue weighted by atomic mass is 10.1. The maximum atomic E-state index is 11.2. The van der Waals surface area contributed by atoms with Gasteiger partial charge in [-0.2, -0.15) is 0 Å². The van der Waals surface area contributed by atoms with Crippen LogP contribution in [0.5, 0.6) is 5.75 Å². The lowest BCUT2D eigenvalue weighted by Gasteiger charge is -2.22. The SMILES string of the molecule is CNc1ccc(OC(C)(C)C)cc1C(N)=O. The Labute approximate surface area is 95.8 Å². The van der Waals surface area contributed by atoms with Crippen LogP contribution in [0.25, 0.3) is 0 Å². The highest BCUT2D eigenvalue weighted by Gasteiger charge is 2.14. The first-order valence-corrected chi connectivity index (χ1v) is 5.14. The third-order valence-corrected chi connectivity index (χ3v) is 1.95. The highest BCUT2D eigenvalue weighted by atomic mass is 16.5. The summed E-state index contributed by atoms with van der Waals surface area (Å²) in [5.41, 5.74) is 6.13. The van der Waals surface area contributed by atoms with Crippen molar-refractivity contribution < 1.29 is 9.53 Å². The quantitative estimate of drug-likeness (QED) is 0.822. The summed E-state index contributed by atoms with van der Waals surface area (Å²) in [7, 11) is 1.74. The van der Waals surface area contributed by atoms with Gasteiger partial charge >= 0.3 is 0 Å². The molecule has 0 fully saturated rings. The average Bonchev–Trinajstić information content (AvgIpc) is 2.15. The van der Waals surface area contributed by atoms with Gasteiger partial charge in [0.15, 0.2) is 0 Å². The van der Waals surface area contributed by atoms with Gasteiger partial charge in [-0.05, 0) is 39.0 Å². The summed E-state index contributed by atoms with van der Waals surface area (Å²) in [6.07, 6.45) is 0. The number of hydrogen-bond acceptors (Lipinski definition) is 3. The van der Waals surface area contributed by atoms with Crippen LogP contribution in [-0.2, 0) is 0 Å². The summed E-state index contributed by atoms with van der Waals surface area (Å²) in [6.45, 7) is 5.84. The summed E-state index contributed by atoms with van der Waals surface area (Å²) < 4.78 is 5.66. The van der Waals surface area contributed by atoms with Crippen LogP contribution < -0.4 is 15.8 Å². The molecule has 4 heteroatoms. The zero-order chi connectivity index (χ0) is 12.3. The van der Waals surface area contributed by atoms with E-state index in [2.05, 4.69) is 5.32 Å². The van der Waals surface area contributed by atoms with Gasteiger partial charge in [-0.25, -0.2) is 0 Å². The highest BCUT2D eigenvalue weighted by Crippen LogP contribution is 2.24. The zero-order valence-electron chi connectivity index (χ0n) is 10.1. The van der Waals surface area contributed by atoms with Crippen LogP contribution in [0.15, 0.2) is 18.2 Å². The third kappa shape index (κ3) is 3.15. The molecule has 16 heavy (non-hydrogen) atoms. The van der Waals surface area contributed by atoms with Crippen LogP contribution >= 0.6 is 0 Å². The molecule has 0 bridgehead atoms. The number of anilines is 1. The maximum absolute atomic E-state index is 11.2. The normalized spacial score (nSPS) is 11.0. The van der Waals surface area contributed by atoms with Gasteiger partial charge in [0.1, 0.15) is 11.4 Å². The van der Waals surface area contributed by atoms with E-state index < -0.39 is 5.91 Å². The lowest BCUT2D eigenvalue weighted by Crippen LogP contribution is -2.23. The molecule has 0 aliphatic rings. The van der Waals surface area contributed by atoms with Crippen LogP contribution in [0.4, 0.5) is 5.69 Å². The predicted molar refractivity (Wildman–Crippen MR) is 64.9 cm³/mol. The number of carbonyl (C=O) groups excluding carboxylic acids is 1. The molecular formula is C12H18N2O2.